The van der Waals surface area contributed by atoms with Gasteiger partial charge in [0.1, 0.15) is 0 Å². The lowest BCUT2D eigenvalue weighted by Crippen LogP contribution is -2.20. The fraction of sp³-hybridized carbons (Fsp3) is 0.333. The largest absolute Gasteiger partial charge is 0.363 e. The van der Waals surface area contributed by atoms with Crippen LogP contribution in [0.5, 0.6) is 0 Å². The first kappa shape index (κ1) is 10.6. The number of benzene rings is 1. The predicted molar refractivity (Wildman–Crippen MR) is 61.1 cm³/mol. The molecular weight excluding hydrogens is 172 g/mol. The van der Waals surface area contributed by atoms with Crippen molar-refractivity contribution in [1.82, 2.24) is 0 Å². The highest BCUT2D eigenvalue weighted by atomic mass is 15.1. The lowest BCUT2D eigenvalue weighted by molar-refractivity contribution is 0.810. The molecule has 0 aliphatic rings. The second kappa shape index (κ2) is 4.69. The van der Waals surface area contributed by atoms with Gasteiger partial charge in [0, 0.05) is 18.8 Å². The van der Waals surface area contributed by atoms with Gasteiger partial charge in [0.2, 0.25) is 0 Å². The van der Waals surface area contributed by atoms with E-state index >= 15 is 0 Å². The van der Waals surface area contributed by atoms with Crippen molar-refractivity contribution in [3.63, 3.8) is 0 Å². The molecule has 74 valence electrons. The van der Waals surface area contributed by atoms with Crippen molar-refractivity contribution in [3.8, 4) is 12.3 Å². The summed E-state index contributed by atoms with van der Waals surface area (Å²) in [5, 5.41) is 0. The molecule has 0 heterocycles. The first-order valence-electron chi connectivity index (χ1n) is 4.66. The number of anilines is 1. The maximum atomic E-state index is 5.87. The van der Waals surface area contributed by atoms with Crippen LogP contribution < -0.4 is 10.6 Å². The summed E-state index contributed by atoms with van der Waals surface area (Å²) in [4.78, 5) is 2.03. The highest BCUT2D eigenvalue weighted by molar-refractivity contribution is 5.54. The van der Waals surface area contributed by atoms with Gasteiger partial charge in [0.25, 0.3) is 0 Å². The molecule has 1 rings (SSSR count). The molecule has 2 nitrogen and oxygen atoms in total. The summed E-state index contributed by atoms with van der Waals surface area (Å²) in [6.07, 6.45) is 5.27. The molecule has 1 atom stereocenters. The number of hydrogen-bond acceptors (Lipinski definition) is 2. The molecule has 14 heavy (non-hydrogen) atoms. The maximum Gasteiger partial charge on any atom is 0.0788 e. The SMILES string of the molecule is C#CCN(C)c1ccccc1C(C)N. The van der Waals surface area contributed by atoms with Gasteiger partial charge in [-0.2, -0.15) is 0 Å². The van der Waals surface area contributed by atoms with Gasteiger partial charge >= 0.3 is 0 Å². The summed E-state index contributed by atoms with van der Waals surface area (Å²) in [7, 11) is 1.97. The number of hydrogen-bond donors (Lipinski definition) is 1. The van der Waals surface area contributed by atoms with E-state index in [1.54, 1.807) is 0 Å². The summed E-state index contributed by atoms with van der Waals surface area (Å²) in [5.74, 6) is 2.62. The summed E-state index contributed by atoms with van der Waals surface area (Å²) >= 11 is 0. The van der Waals surface area contributed by atoms with Gasteiger partial charge in [-0.3, -0.25) is 0 Å². The predicted octanol–water partition coefficient (Wildman–Crippen LogP) is 1.78. The molecule has 0 saturated heterocycles. The second-order valence-electron chi connectivity index (χ2n) is 3.41. The van der Waals surface area contributed by atoms with Crippen LogP contribution in [0, 0.1) is 12.3 Å². The van der Waals surface area contributed by atoms with Gasteiger partial charge in [0.15, 0.2) is 0 Å². The Bertz CT molecular complexity index is 336. The van der Waals surface area contributed by atoms with E-state index in [9.17, 15) is 0 Å². The van der Waals surface area contributed by atoms with Gasteiger partial charge in [-0.1, -0.05) is 24.1 Å². The number of nitrogens with two attached hydrogens (primary N) is 1. The highest BCUT2D eigenvalue weighted by Gasteiger charge is 2.08. The molecule has 2 N–H and O–H groups in total. The van der Waals surface area contributed by atoms with Crippen LogP contribution in [-0.2, 0) is 0 Å². The van der Waals surface area contributed by atoms with Gasteiger partial charge in [-0.25, -0.2) is 0 Å². The van der Waals surface area contributed by atoms with E-state index in [0.29, 0.717) is 6.54 Å². The topological polar surface area (TPSA) is 29.3 Å². The van der Waals surface area contributed by atoms with Crippen molar-refractivity contribution >= 4 is 5.69 Å². The molecule has 0 bridgehead atoms. The normalized spacial score (nSPS) is 11.9. The Morgan fingerprint density at radius 3 is 2.71 bits per heavy atom. The molecule has 0 amide bonds. The van der Waals surface area contributed by atoms with Crippen LogP contribution in [0.4, 0.5) is 5.69 Å². The lowest BCUT2D eigenvalue weighted by Gasteiger charge is -2.21. The van der Waals surface area contributed by atoms with Crippen LogP contribution in [0.2, 0.25) is 0 Å². The van der Waals surface area contributed by atoms with Crippen molar-refractivity contribution in [1.29, 1.82) is 0 Å². The van der Waals surface area contributed by atoms with E-state index in [1.165, 1.54) is 0 Å². The van der Waals surface area contributed by atoms with E-state index in [4.69, 9.17) is 12.2 Å². The van der Waals surface area contributed by atoms with E-state index < -0.39 is 0 Å². The van der Waals surface area contributed by atoms with Crippen molar-refractivity contribution in [2.24, 2.45) is 5.73 Å². The molecule has 2 heteroatoms. The fourth-order valence-electron chi connectivity index (χ4n) is 1.44. The van der Waals surface area contributed by atoms with Crippen molar-refractivity contribution in [2.45, 2.75) is 13.0 Å². The first-order valence-corrected chi connectivity index (χ1v) is 4.66. The number of nitrogens with zero attached hydrogens (tertiary/aromatic N) is 1. The fourth-order valence-corrected chi connectivity index (χ4v) is 1.44. The van der Waals surface area contributed by atoms with E-state index in [1.807, 2.05) is 43.1 Å². The zero-order chi connectivity index (χ0) is 10.6. The van der Waals surface area contributed by atoms with Crippen molar-refractivity contribution in [2.75, 3.05) is 18.5 Å². The zero-order valence-corrected chi connectivity index (χ0v) is 8.70. The van der Waals surface area contributed by atoms with Crippen LogP contribution in [0.15, 0.2) is 24.3 Å². The molecule has 1 aromatic rings. The average Bonchev–Trinajstić information content (AvgIpc) is 2.18. The third kappa shape index (κ3) is 2.27. The monoisotopic (exact) mass is 188 g/mol. The lowest BCUT2D eigenvalue weighted by atomic mass is 10.1. The molecule has 0 aliphatic carbocycles. The second-order valence-corrected chi connectivity index (χ2v) is 3.41. The van der Waals surface area contributed by atoms with Crippen LogP contribution in [0.1, 0.15) is 18.5 Å². The van der Waals surface area contributed by atoms with Gasteiger partial charge in [-0.05, 0) is 18.6 Å². The van der Waals surface area contributed by atoms with Crippen LogP contribution in [0.25, 0.3) is 0 Å². The molecule has 0 saturated carbocycles. The van der Waals surface area contributed by atoms with Crippen LogP contribution >= 0.6 is 0 Å². The Balaban J connectivity index is 3.01. The Labute approximate surface area is 85.7 Å². The van der Waals surface area contributed by atoms with Crippen molar-refractivity contribution < 1.29 is 0 Å². The minimum absolute atomic E-state index is 0.0337. The maximum absolute atomic E-state index is 5.87. The smallest absolute Gasteiger partial charge is 0.0788 e. The zero-order valence-electron chi connectivity index (χ0n) is 8.70. The summed E-state index contributed by atoms with van der Waals surface area (Å²) in [6.45, 7) is 2.58. The van der Waals surface area contributed by atoms with Gasteiger partial charge in [-0.15, -0.1) is 6.42 Å². The molecule has 1 aromatic carbocycles. The van der Waals surface area contributed by atoms with E-state index in [2.05, 4.69) is 5.92 Å². The Kier molecular flexibility index (Phi) is 3.55. The Morgan fingerprint density at radius 1 is 1.50 bits per heavy atom. The summed E-state index contributed by atoms with van der Waals surface area (Å²) < 4.78 is 0. The Morgan fingerprint density at radius 2 is 2.14 bits per heavy atom. The molecular formula is C12H16N2. The van der Waals surface area contributed by atoms with Gasteiger partial charge < -0.3 is 10.6 Å². The minimum Gasteiger partial charge on any atom is -0.363 e. The molecule has 0 spiro atoms. The van der Waals surface area contributed by atoms with Gasteiger partial charge in [0.05, 0.1) is 6.54 Å². The highest BCUT2D eigenvalue weighted by Crippen LogP contribution is 2.23. The van der Waals surface area contributed by atoms with Crippen LogP contribution in [-0.4, -0.2) is 13.6 Å². The molecule has 0 aromatic heterocycles. The average molecular weight is 188 g/mol. The molecule has 0 aliphatic heterocycles. The van der Waals surface area contributed by atoms with E-state index in [-0.39, 0.29) is 6.04 Å². The quantitative estimate of drug-likeness (QED) is 0.733. The molecule has 0 radical (unpaired) electrons. The van der Waals surface area contributed by atoms with Crippen LogP contribution in [0.3, 0.4) is 0 Å². The van der Waals surface area contributed by atoms with E-state index in [0.717, 1.165) is 11.3 Å². The summed E-state index contributed by atoms with van der Waals surface area (Å²) in [6, 6.07) is 8.09. The first-order chi connectivity index (χ1) is 6.66. The summed E-state index contributed by atoms with van der Waals surface area (Å²) in [5.41, 5.74) is 8.11. The minimum atomic E-state index is 0.0337. The third-order valence-corrected chi connectivity index (χ3v) is 2.17. The Hall–Kier alpha value is -1.46. The third-order valence-electron chi connectivity index (χ3n) is 2.17. The number of terminal acetylenes is 1. The van der Waals surface area contributed by atoms with Crippen molar-refractivity contribution in [3.05, 3.63) is 29.8 Å². The molecule has 1 unspecified atom stereocenters. The number of para-hydroxylation sites is 1. The standard InChI is InChI=1S/C12H16N2/c1-4-9-14(3)12-8-6-5-7-11(12)10(2)13/h1,5-8,10H,9,13H2,2-3H3. The molecule has 0 fully saturated rings. The number of rotatable bonds is 3.